The number of ketones is 2. The lowest BCUT2D eigenvalue weighted by atomic mass is 9.86. The Bertz CT molecular complexity index is 1300. The molecule has 4 rings (SSSR count). The SMILES string of the molecule is CCOc1cc(C2C(C(=O)c3ccc(OC)cc3)C(=O)C(=O)N2c2ccc(C)c(Br)c2)ccc1O. The van der Waals surface area contributed by atoms with Gasteiger partial charge >= 0.3 is 0 Å². The molecule has 3 aromatic carbocycles. The largest absolute Gasteiger partial charge is 0.504 e. The van der Waals surface area contributed by atoms with Gasteiger partial charge in [-0.1, -0.05) is 28.1 Å². The first-order chi connectivity index (χ1) is 16.8. The Labute approximate surface area is 211 Å². The highest BCUT2D eigenvalue weighted by Gasteiger charge is 2.52. The highest BCUT2D eigenvalue weighted by molar-refractivity contribution is 9.10. The lowest BCUT2D eigenvalue weighted by Gasteiger charge is -2.28. The van der Waals surface area contributed by atoms with Crippen LogP contribution in [0.4, 0.5) is 5.69 Å². The number of Topliss-reactive ketones (excluding diaryl/α,β-unsaturated/α-hetero) is 2. The molecular formula is C27H24BrNO6. The first-order valence-electron chi connectivity index (χ1n) is 11.0. The number of anilines is 1. The van der Waals surface area contributed by atoms with Crippen molar-refractivity contribution in [1.29, 1.82) is 0 Å². The van der Waals surface area contributed by atoms with Gasteiger partial charge in [-0.3, -0.25) is 19.3 Å². The Hall–Kier alpha value is -3.65. The Morgan fingerprint density at radius 2 is 1.77 bits per heavy atom. The second kappa shape index (κ2) is 9.92. The van der Waals surface area contributed by atoms with Gasteiger partial charge in [0.1, 0.15) is 11.7 Å². The molecule has 0 spiro atoms. The van der Waals surface area contributed by atoms with Crippen LogP contribution in [0.1, 0.15) is 34.5 Å². The Morgan fingerprint density at radius 1 is 1.06 bits per heavy atom. The Morgan fingerprint density at radius 3 is 2.40 bits per heavy atom. The number of phenolic OH excluding ortho intramolecular Hbond substituents is 1. The molecule has 1 amide bonds. The third kappa shape index (κ3) is 4.53. The summed E-state index contributed by atoms with van der Waals surface area (Å²) < 4.78 is 11.5. The number of benzene rings is 3. The van der Waals surface area contributed by atoms with Crippen LogP contribution >= 0.6 is 15.9 Å². The maximum absolute atomic E-state index is 13.6. The van der Waals surface area contributed by atoms with Crippen LogP contribution in [0.25, 0.3) is 0 Å². The number of methoxy groups -OCH3 is 1. The van der Waals surface area contributed by atoms with E-state index in [-0.39, 0.29) is 17.1 Å². The third-order valence-corrected chi connectivity index (χ3v) is 6.88. The van der Waals surface area contributed by atoms with E-state index in [2.05, 4.69) is 15.9 Å². The molecule has 1 fully saturated rings. The van der Waals surface area contributed by atoms with Crippen LogP contribution < -0.4 is 14.4 Å². The molecule has 1 heterocycles. The second-order valence-electron chi connectivity index (χ2n) is 8.15. The number of amides is 1. The molecule has 2 unspecified atom stereocenters. The normalized spacial score (nSPS) is 17.5. The summed E-state index contributed by atoms with van der Waals surface area (Å²) in [6.45, 7) is 4.00. The molecule has 3 aromatic rings. The molecule has 1 N–H and O–H groups in total. The minimum absolute atomic E-state index is 0.0751. The van der Waals surface area contributed by atoms with E-state index in [1.54, 1.807) is 55.5 Å². The topological polar surface area (TPSA) is 93.1 Å². The van der Waals surface area contributed by atoms with Crippen molar-refractivity contribution in [3.63, 3.8) is 0 Å². The molecule has 2 atom stereocenters. The van der Waals surface area contributed by atoms with E-state index in [1.807, 2.05) is 13.0 Å². The van der Waals surface area contributed by atoms with E-state index in [0.717, 1.165) is 10.0 Å². The number of hydrogen-bond donors (Lipinski definition) is 1. The number of nitrogens with zero attached hydrogens (tertiary/aromatic N) is 1. The number of ether oxygens (including phenoxy) is 2. The van der Waals surface area contributed by atoms with Crippen LogP contribution in [0, 0.1) is 12.8 Å². The molecule has 0 bridgehead atoms. The molecule has 0 aromatic heterocycles. The van der Waals surface area contributed by atoms with Gasteiger partial charge in [0.05, 0.1) is 19.8 Å². The van der Waals surface area contributed by atoms with E-state index in [9.17, 15) is 19.5 Å². The van der Waals surface area contributed by atoms with Gasteiger partial charge in [0, 0.05) is 15.7 Å². The van der Waals surface area contributed by atoms with Crippen molar-refractivity contribution in [2.45, 2.75) is 19.9 Å². The van der Waals surface area contributed by atoms with Crippen LogP contribution in [0.5, 0.6) is 17.2 Å². The summed E-state index contributed by atoms with van der Waals surface area (Å²) in [7, 11) is 1.52. The minimum Gasteiger partial charge on any atom is -0.504 e. The molecule has 0 radical (unpaired) electrons. The average Bonchev–Trinajstić information content (AvgIpc) is 3.12. The fraction of sp³-hybridized carbons (Fsp3) is 0.222. The number of carbonyl (C=O) groups is 3. The molecular weight excluding hydrogens is 514 g/mol. The summed E-state index contributed by atoms with van der Waals surface area (Å²) >= 11 is 3.49. The summed E-state index contributed by atoms with van der Waals surface area (Å²) in [6, 6.07) is 15.4. The van der Waals surface area contributed by atoms with Crippen molar-refractivity contribution in [2.75, 3.05) is 18.6 Å². The van der Waals surface area contributed by atoms with Crippen molar-refractivity contribution >= 4 is 39.1 Å². The molecule has 1 aliphatic heterocycles. The van der Waals surface area contributed by atoms with E-state index >= 15 is 0 Å². The third-order valence-electron chi connectivity index (χ3n) is 6.02. The van der Waals surface area contributed by atoms with Crippen molar-refractivity contribution in [2.24, 2.45) is 5.92 Å². The first kappa shape index (κ1) is 24.5. The summed E-state index contributed by atoms with van der Waals surface area (Å²) in [5.41, 5.74) is 2.21. The number of halogens is 1. The summed E-state index contributed by atoms with van der Waals surface area (Å²) in [5.74, 6) is -2.63. The monoisotopic (exact) mass is 537 g/mol. The van der Waals surface area contributed by atoms with Crippen LogP contribution in [0.3, 0.4) is 0 Å². The van der Waals surface area contributed by atoms with Crippen LogP contribution in [0.15, 0.2) is 65.1 Å². The molecule has 0 aliphatic carbocycles. The molecule has 1 aliphatic rings. The number of hydrogen-bond acceptors (Lipinski definition) is 6. The molecule has 35 heavy (non-hydrogen) atoms. The van der Waals surface area contributed by atoms with E-state index in [1.165, 1.54) is 18.1 Å². The van der Waals surface area contributed by atoms with Crippen LogP contribution in [-0.2, 0) is 9.59 Å². The van der Waals surface area contributed by atoms with E-state index < -0.39 is 29.4 Å². The van der Waals surface area contributed by atoms with Crippen LogP contribution in [0.2, 0.25) is 0 Å². The Kier molecular flexibility index (Phi) is 6.93. The molecule has 180 valence electrons. The maximum Gasteiger partial charge on any atom is 0.295 e. The predicted molar refractivity (Wildman–Crippen MR) is 134 cm³/mol. The fourth-order valence-electron chi connectivity index (χ4n) is 4.20. The lowest BCUT2D eigenvalue weighted by Crippen LogP contribution is -2.30. The molecule has 1 saturated heterocycles. The van der Waals surface area contributed by atoms with Gasteiger partial charge in [0.25, 0.3) is 5.91 Å². The summed E-state index contributed by atoms with van der Waals surface area (Å²) in [5, 5.41) is 10.2. The van der Waals surface area contributed by atoms with Crippen molar-refractivity contribution < 1.29 is 29.0 Å². The van der Waals surface area contributed by atoms with E-state index in [0.29, 0.717) is 23.6 Å². The molecule has 8 heteroatoms. The number of rotatable bonds is 7. The number of aromatic hydroxyl groups is 1. The molecule has 7 nitrogen and oxygen atoms in total. The van der Waals surface area contributed by atoms with Gasteiger partial charge in [-0.2, -0.15) is 0 Å². The summed E-state index contributed by atoms with van der Waals surface area (Å²) in [4.78, 5) is 41.6. The zero-order valence-corrected chi connectivity index (χ0v) is 21.0. The van der Waals surface area contributed by atoms with Gasteiger partial charge in [0.15, 0.2) is 17.3 Å². The highest BCUT2D eigenvalue weighted by Crippen LogP contribution is 2.44. The minimum atomic E-state index is -1.28. The Balaban J connectivity index is 1.87. The number of aryl methyl sites for hydroxylation is 1. The van der Waals surface area contributed by atoms with Crippen molar-refractivity contribution in [3.8, 4) is 17.2 Å². The second-order valence-corrected chi connectivity index (χ2v) is 9.00. The van der Waals surface area contributed by atoms with E-state index in [4.69, 9.17) is 9.47 Å². The zero-order valence-electron chi connectivity index (χ0n) is 19.4. The van der Waals surface area contributed by atoms with Gasteiger partial charge in [-0.05, 0) is 73.5 Å². The lowest BCUT2D eigenvalue weighted by molar-refractivity contribution is -0.135. The quantitative estimate of drug-likeness (QED) is 0.258. The summed E-state index contributed by atoms with van der Waals surface area (Å²) in [6.07, 6.45) is 0. The standard InChI is InChI=1S/C27H24BrNO6/c1-4-35-22-13-17(8-12-21(22)30)24-23(25(31)16-6-10-19(34-3)11-7-16)26(32)27(33)29(24)18-9-5-15(2)20(28)14-18/h5-14,23-24,30H,4H2,1-3H3. The van der Waals surface area contributed by atoms with Crippen LogP contribution in [-0.4, -0.2) is 36.3 Å². The van der Waals surface area contributed by atoms with Gasteiger partial charge < -0.3 is 14.6 Å². The maximum atomic E-state index is 13.6. The average molecular weight is 538 g/mol. The van der Waals surface area contributed by atoms with Gasteiger partial charge in [-0.25, -0.2) is 0 Å². The predicted octanol–water partition coefficient (Wildman–Crippen LogP) is 5.03. The van der Waals surface area contributed by atoms with Crippen molar-refractivity contribution in [3.05, 3.63) is 81.8 Å². The zero-order chi connectivity index (χ0) is 25.3. The first-order valence-corrected chi connectivity index (χ1v) is 11.8. The smallest absolute Gasteiger partial charge is 0.295 e. The number of carbonyl (C=O) groups excluding carboxylic acids is 3. The van der Waals surface area contributed by atoms with Gasteiger partial charge in [-0.15, -0.1) is 0 Å². The van der Waals surface area contributed by atoms with Gasteiger partial charge in [0.2, 0.25) is 5.78 Å². The number of phenols is 1. The van der Waals surface area contributed by atoms with Crippen molar-refractivity contribution in [1.82, 2.24) is 0 Å². The molecule has 0 saturated carbocycles. The fourth-order valence-corrected chi connectivity index (χ4v) is 4.57. The highest BCUT2D eigenvalue weighted by atomic mass is 79.9.